The molecule has 1 unspecified atom stereocenters. The van der Waals surface area contributed by atoms with E-state index in [9.17, 15) is 4.79 Å². The van der Waals surface area contributed by atoms with Gasteiger partial charge >= 0.3 is 0 Å². The van der Waals surface area contributed by atoms with Crippen LogP contribution in [-0.4, -0.2) is 31.7 Å². The molecule has 7 nitrogen and oxygen atoms in total. The Morgan fingerprint density at radius 2 is 2.10 bits per heavy atom. The van der Waals surface area contributed by atoms with Crippen molar-refractivity contribution in [2.24, 2.45) is 5.73 Å². The number of nitrogens with one attached hydrogen (secondary N) is 1. The number of anilines is 1. The highest BCUT2D eigenvalue weighted by Crippen LogP contribution is 2.16. The van der Waals surface area contributed by atoms with Gasteiger partial charge in [-0.05, 0) is 26.8 Å². The number of rotatable bonds is 4. The SMILES string of the molecule is Cc1cc(C)n(-c2nc(Cl)cc(NC(C)C(N)=O)n2)n1. The summed E-state index contributed by atoms with van der Waals surface area (Å²) in [6, 6.07) is 2.87. The number of halogens is 1. The van der Waals surface area contributed by atoms with Gasteiger partial charge in [0, 0.05) is 11.8 Å². The van der Waals surface area contributed by atoms with Gasteiger partial charge in [-0.3, -0.25) is 4.79 Å². The van der Waals surface area contributed by atoms with Crippen molar-refractivity contribution in [1.82, 2.24) is 19.7 Å². The van der Waals surface area contributed by atoms with E-state index in [0.717, 1.165) is 11.4 Å². The number of aromatic nitrogens is 4. The summed E-state index contributed by atoms with van der Waals surface area (Å²) in [4.78, 5) is 19.5. The molecule has 0 saturated heterocycles. The monoisotopic (exact) mass is 294 g/mol. The predicted octanol–water partition coefficient (Wildman–Crippen LogP) is 1.22. The fourth-order valence-electron chi connectivity index (χ4n) is 1.70. The van der Waals surface area contributed by atoms with Crippen LogP contribution in [0.1, 0.15) is 18.3 Å². The maximum atomic E-state index is 11.1. The van der Waals surface area contributed by atoms with Crippen LogP contribution in [0.2, 0.25) is 5.15 Å². The minimum Gasteiger partial charge on any atom is -0.368 e. The Balaban J connectivity index is 2.38. The number of hydrogen-bond donors (Lipinski definition) is 2. The third kappa shape index (κ3) is 3.05. The van der Waals surface area contributed by atoms with Crippen LogP contribution in [0.3, 0.4) is 0 Å². The first-order chi connectivity index (χ1) is 9.36. The topological polar surface area (TPSA) is 98.7 Å². The zero-order valence-electron chi connectivity index (χ0n) is 11.4. The minimum absolute atomic E-state index is 0.252. The molecule has 1 amide bonds. The normalized spacial score (nSPS) is 12.2. The summed E-state index contributed by atoms with van der Waals surface area (Å²) in [7, 11) is 0. The zero-order chi connectivity index (χ0) is 14.9. The van der Waals surface area contributed by atoms with Gasteiger partial charge in [-0.25, -0.2) is 4.68 Å². The lowest BCUT2D eigenvalue weighted by Crippen LogP contribution is -2.32. The molecule has 0 aliphatic heterocycles. The lowest BCUT2D eigenvalue weighted by molar-refractivity contribution is -0.118. The molecule has 2 heterocycles. The molecular formula is C12H15ClN6O. The van der Waals surface area contributed by atoms with Crippen molar-refractivity contribution in [3.63, 3.8) is 0 Å². The molecule has 106 valence electrons. The maximum Gasteiger partial charge on any atom is 0.254 e. The minimum atomic E-state index is -0.561. The first-order valence-corrected chi connectivity index (χ1v) is 6.38. The molecular weight excluding hydrogens is 280 g/mol. The number of aryl methyl sites for hydroxylation is 2. The van der Waals surface area contributed by atoms with Crippen LogP contribution in [-0.2, 0) is 4.79 Å². The van der Waals surface area contributed by atoms with Crippen LogP contribution in [0, 0.1) is 13.8 Å². The molecule has 20 heavy (non-hydrogen) atoms. The summed E-state index contributed by atoms with van der Waals surface area (Å²) in [5.74, 6) is 0.272. The van der Waals surface area contributed by atoms with E-state index in [1.54, 1.807) is 11.6 Å². The molecule has 2 aromatic heterocycles. The van der Waals surface area contributed by atoms with Gasteiger partial charge in [0.25, 0.3) is 5.95 Å². The zero-order valence-corrected chi connectivity index (χ0v) is 12.1. The largest absolute Gasteiger partial charge is 0.368 e. The first-order valence-electron chi connectivity index (χ1n) is 6.01. The number of nitrogens with zero attached hydrogens (tertiary/aromatic N) is 4. The molecule has 0 fully saturated rings. The van der Waals surface area contributed by atoms with Crippen LogP contribution >= 0.6 is 11.6 Å². The molecule has 2 aromatic rings. The standard InChI is InChI=1S/C12H15ClN6O/c1-6-4-7(2)19(18-6)12-16-9(13)5-10(17-12)15-8(3)11(14)20/h4-5,8H,1-3H3,(H2,14,20)(H,15,16,17). The van der Waals surface area contributed by atoms with E-state index in [1.165, 1.54) is 6.07 Å². The third-order valence-electron chi connectivity index (χ3n) is 2.67. The third-order valence-corrected chi connectivity index (χ3v) is 2.87. The number of hydrogen-bond acceptors (Lipinski definition) is 5. The summed E-state index contributed by atoms with van der Waals surface area (Å²) in [5, 5.41) is 7.41. The van der Waals surface area contributed by atoms with Gasteiger partial charge in [-0.15, -0.1) is 0 Å². The van der Waals surface area contributed by atoms with Gasteiger partial charge in [0.2, 0.25) is 5.91 Å². The Morgan fingerprint density at radius 3 is 2.65 bits per heavy atom. The average molecular weight is 295 g/mol. The fourth-order valence-corrected chi connectivity index (χ4v) is 1.88. The molecule has 0 radical (unpaired) electrons. The van der Waals surface area contributed by atoms with Crippen LogP contribution < -0.4 is 11.1 Å². The molecule has 0 bridgehead atoms. The molecule has 1 atom stereocenters. The Morgan fingerprint density at radius 1 is 1.40 bits per heavy atom. The Labute approximate surface area is 121 Å². The smallest absolute Gasteiger partial charge is 0.254 e. The Kier molecular flexibility index (Phi) is 3.89. The quantitative estimate of drug-likeness (QED) is 0.826. The van der Waals surface area contributed by atoms with Crippen molar-refractivity contribution in [1.29, 1.82) is 0 Å². The number of carbonyl (C=O) groups excluding carboxylic acids is 1. The van der Waals surface area contributed by atoms with Crippen molar-refractivity contribution >= 4 is 23.3 Å². The van der Waals surface area contributed by atoms with Crippen molar-refractivity contribution in [2.45, 2.75) is 26.8 Å². The second-order valence-corrected chi connectivity index (χ2v) is 4.87. The second-order valence-electron chi connectivity index (χ2n) is 4.48. The van der Waals surface area contributed by atoms with Crippen LogP contribution in [0.5, 0.6) is 0 Å². The fraction of sp³-hybridized carbons (Fsp3) is 0.333. The number of carbonyl (C=O) groups is 1. The summed E-state index contributed by atoms with van der Waals surface area (Å²) < 4.78 is 1.58. The van der Waals surface area contributed by atoms with Gasteiger partial charge in [-0.1, -0.05) is 11.6 Å². The van der Waals surface area contributed by atoms with E-state index >= 15 is 0 Å². The van der Waals surface area contributed by atoms with Crippen molar-refractivity contribution in [3.05, 3.63) is 28.7 Å². The van der Waals surface area contributed by atoms with Gasteiger partial charge in [0.15, 0.2) is 0 Å². The van der Waals surface area contributed by atoms with E-state index in [1.807, 2.05) is 19.9 Å². The molecule has 0 aromatic carbocycles. The van der Waals surface area contributed by atoms with Gasteiger partial charge in [0.1, 0.15) is 17.0 Å². The highest BCUT2D eigenvalue weighted by Gasteiger charge is 2.13. The van der Waals surface area contributed by atoms with Crippen LogP contribution in [0.4, 0.5) is 5.82 Å². The van der Waals surface area contributed by atoms with E-state index in [-0.39, 0.29) is 5.15 Å². The Bertz CT molecular complexity index is 653. The summed E-state index contributed by atoms with van der Waals surface area (Å²) in [6.45, 7) is 5.41. The summed E-state index contributed by atoms with van der Waals surface area (Å²) >= 11 is 5.97. The molecule has 0 aliphatic rings. The highest BCUT2D eigenvalue weighted by molar-refractivity contribution is 6.29. The number of nitrogens with two attached hydrogens (primary N) is 1. The molecule has 2 rings (SSSR count). The first kappa shape index (κ1) is 14.3. The van der Waals surface area contributed by atoms with Gasteiger partial charge in [0.05, 0.1) is 5.69 Å². The number of primary amides is 1. The van der Waals surface area contributed by atoms with Crippen molar-refractivity contribution < 1.29 is 4.79 Å². The average Bonchev–Trinajstić information content (AvgIpc) is 2.67. The molecule has 3 N–H and O–H groups in total. The molecule has 8 heteroatoms. The molecule has 0 saturated carbocycles. The predicted molar refractivity (Wildman–Crippen MR) is 75.9 cm³/mol. The number of amides is 1. The van der Waals surface area contributed by atoms with Crippen molar-refractivity contribution in [3.8, 4) is 5.95 Å². The summed E-state index contributed by atoms with van der Waals surface area (Å²) in [5.41, 5.74) is 6.94. The van der Waals surface area contributed by atoms with Crippen molar-refractivity contribution in [2.75, 3.05) is 5.32 Å². The molecule has 0 aliphatic carbocycles. The highest BCUT2D eigenvalue weighted by atomic mass is 35.5. The van der Waals surface area contributed by atoms with Gasteiger partial charge in [-0.2, -0.15) is 15.1 Å². The van der Waals surface area contributed by atoms with E-state index in [2.05, 4.69) is 20.4 Å². The van der Waals surface area contributed by atoms with Crippen LogP contribution in [0.15, 0.2) is 12.1 Å². The second kappa shape index (κ2) is 5.46. The van der Waals surface area contributed by atoms with E-state index in [0.29, 0.717) is 11.8 Å². The van der Waals surface area contributed by atoms with Crippen LogP contribution in [0.25, 0.3) is 5.95 Å². The van der Waals surface area contributed by atoms with E-state index < -0.39 is 11.9 Å². The maximum absolute atomic E-state index is 11.1. The Hall–Kier alpha value is -2.15. The summed E-state index contributed by atoms with van der Waals surface area (Å²) in [6.07, 6.45) is 0. The molecule has 0 spiro atoms. The lowest BCUT2D eigenvalue weighted by atomic mass is 10.3. The van der Waals surface area contributed by atoms with E-state index in [4.69, 9.17) is 17.3 Å². The lowest BCUT2D eigenvalue weighted by Gasteiger charge is -2.12. The van der Waals surface area contributed by atoms with Gasteiger partial charge < -0.3 is 11.1 Å².